The van der Waals surface area contributed by atoms with E-state index in [1.807, 2.05) is 0 Å². The van der Waals surface area contributed by atoms with E-state index in [2.05, 4.69) is 5.32 Å². The Kier molecular flexibility index (Phi) is 6.31. The molecular formula is C12H18N2O5S2. The van der Waals surface area contributed by atoms with Crippen LogP contribution in [-0.2, 0) is 32.0 Å². The van der Waals surface area contributed by atoms with Gasteiger partial charge in [0.1, 0.15) is 10.6 Å². The van der Waals surface area contributed by atoms with Crippen LogP contribution >= 0.6 is 0 Å². The second kappa shape index (κ2) is 7.53. The van der Waals surface area contributed by atoms with E-state index in [-0.39, 0.29) is 23.0 Å². The molecule has 0 fully saturated rings. The molecule has 0 aliphatic heterocycles. The fraction of sp³-hybridized carbons (Fsp3) is 0.417. The molecule has 21 heavy (non-hydrogen) atoms. The lowest BCUT2D eigenvalue weighted by molar-refractivity contribution is -0.120. The molecule has 0 radical (unpaired) electrons. The van der Waals surface area contributed by atoms with E-state index in [9.17, 15) is 17.4 Å². The number of primary sulfonamides is 1. The smallest absolute Gasteiger partial charge is 0.241 e. The Balaban J connectivity index is 2.81. The molecule has 1 aromatic carbocycles. The summed E-state index contributed by atoms with van der Waals surface area (Å²) in [6, 6.07) is 4.35. The van der Waals surface area contributed by atoms with Crippen LogP contribution in [0.2, 0.25) is 0 Å². The van der Waals surface area contributed by atoms with Crippen LogP contribution in [0.15, 0.2) is 23.1 Å². The summed E-state index contributed by atoms with van der Waals surface area (Å²) < 4.78 is 38.7. The Morgan fingerprint density at radius 2 is 2.10 bits per heavy atom. The zero-order valence-corrected chi connectivity index (χ0v) is 13.4. The predicted octanol–water partition coefficient (Wildman–Crippen LogP) is -0.620. The average Bonchev–Trinajstić information content (AvgIpc) is 2.37. The molecule has 118 valence electrons. The molecular weight excluding hydrogens is 316 g/mol. The van der Waals surface area contributed by atoms with Gasteiger partial charge in [0, 0.05) is 29.4 Å². The first-order valence-electron chi connectivity index (χ1n) is 6.00. The number of carbonyl (C=O) groups is 1. The van der Waals surface area contributed by atoms with Crippen LogP contribution in [0.5, 0.6) is 5.75 Å². The van der Waals surface area contributed by atoms with E-state index in [1.54, 1.807) is 12.3 Å². The predicted molar refractivity (Wildman–Crippen MR) is 80.0 cm³/mol. The number of sulfonamides is 1. The molecule has 1 atom stereocenters. The molecule has 9 heteroatoms. The van der Waals surface area contributed by atoms with Gasteiger partial charge < -0.3 is 10.1 Å². The first kappa shape index (κ1) is 17.6. The minimum atomic E-state index is -3.93. The van der Waals surface area contributed by atoms with Gasteiger partial charge in [0.2, 0.25) is 15.9 Å². The highest BCUT2D eigenvalue weighted by molar-refractivity contribution is 7.89. The summed E-state index contributed by atoms with van der Waals surface area (Å²) >= 11 is 0. The Bertz CT molecular complexity index is 643. The van der Waals surface area contributed by atoms with Crippen molar-refractivity contribution in [1.82, 2.24) is 5.32 Å². The Morgan fingerprint density at radius 3 is 2.62 bits per heavy atom. The van der Waals surface area contributed by atoms with Crippen LogP contribution in [0.1, 0.15) is 5.56 Å². The fourth-order valence-corrected chi connectivity index (χ4v) is 2.77. The first-order valence-corrected chi connectivity index (χ1v) is 9.28. The standard InChI is InChI=1S/C12H18N2O5S2/c1-19-10-4-3-9(7-11(10)21(13,17)18)8-12(15)14-5-6-20(2)16/h3-4,7H,5-6,8H2,1-2H3,(H,14,15)(H2,13,17,18). The largest absolute Gasteiger partial charge is 0.495 e. The molecule has 0 spiro atoms. The van der Waals surface area contributed by atoms with Gasteiger partial charge in [-0.3, -0.25) is 9.00 Å². The van der Waals surface area contributed by atoms with Crippen molar-refractivity contribution >= 4 is 26.7 Å². The van der Waals surface area contributed by atoms with Crippen molar-refractivity contribution in [2.75, 3.05) is 25.7 Å². The highest BCUT2D eigenvalue weighted by atomic mass is 32.2. The number of nitrogens with one attached hydrogen (secondary N) is 1. The van der Waals surface area contributed by atoms with Gasteiger partial charge in [-0.2, -0.15) is 0 Å². The van der Waals surface area contributed by atoms with E-state index in [4.69, 9.17) is 9.88 Å². The van der Waals surface area contributed by atoms with Crippen LogP contribution in [0.25, 0.3) is 0 Å². The molecule has 0 aliphatic rings. The fourth-order valence-electron chi connectivity index (χ4n) is 1.64. The molecule has 1 rings (SSSR count). The van der Waals surface area contributed by atoms with Gasteiger partial charge in [-0.1, -0.05) is 6.07 Å². The lowest BCUT2D eigenvalue weighted by atomic mass is 10.1. The third-order valence-electron chi connectivity index (χ3n) is 2.61. The van der Waals surface area contributed by atoms with Crippen molar-refractivity contribution in [3.63, 3.8) is 0 Å². The Labute approximate surface area is 126 Å². The maximum absolute atomic E-state index is 11.7. The van der Waals surface area contributed by atoms with Crippen molar-refractivity contribution in [3.8, 4) is 5.75 Å². The summed E-state index contributed by atoms with van der Waals surface area (Å²) in [5, 5.41) is 7.71. The lowest BCUT2D eigenvalue weighted by Gasteiger charge is -2.09. The average molecular weight is 334 g/mol. The zero-order valence-electron chi connectivity index (χ0n) is 11.8. The van der Waals surface area contributed by atoms with Crippen molar-refractivity contribution in [2.45, 2.75) is 11.3 Å². The summed E-state index contributed by atoms with van der Waals surface area (Å²) in [4.78, 5) is 11.5. The second-order valence-corrected chi connectivity index (χ2v) is 7.42. The molecule has 0 saturated carbocycles. The molecule has 1 amide bonds. The molecule has 3 N–H and O–H groups in total. The number of hydrogen-bond acceptors (Lipinski definition) is 5. The summed E-state index contributed by atoms with van der Waals surface area (Å²) in [6.45, 7) is 0.306. The molecule has 7 nitrogen and oxygen atoms in total. The maximum Gasteiger partial charge on any atom is 0.241 e. The molecule has 0 saturated heterocycles. The molecule has 0 heterocycles. The van der Waals surface area contributed by atoms with Crippen LogP contribution in [-0.4, -0.2) is 44.2 Å². The maximum atomic E-state index is 11.7. The Morgan fingerprint density at radius 1 is 1.43 bits per heavy atom. The number of carbonyl (C=O) groups excluding carboxylic acids is 1. The number of amides is 1. The zero-order chi connectivity index (χ0) is 16.0. The third kappa shape index (κ3) is 5.82. The van der Waals surface area contributed by atoms with Gasteiger partial charge in [-0.15, -0.1) is 0 Å². The van der Waals surface area contributed by atoms with Crippen molar-refractivity contribution in [2.24, 2.45) is 5.14 Å². The molecule has 1 unspecified atom stereocenters. The molecule has 0 aliphatic carbocycles. The monoisotopic (exact) mass is 334 g/mol. The van der Waals surface area contributed by atoms with E-state index < -0.39 is 20.8 Å². The first-order chi connectivity index (χ1) is 9.74. The van der Waals surface area contributed by atoms with Gasteiger partial charge in [-0.25, -0.2) is 13.6 Å². The summed E-state index contributed by atoms with van der Waals surface area (Å²) in [6.07, 6.45) is 1.55. The van der Waals surface area contributed by atoms with Gasteiger partial charge in [0.05, 0.1) is 13.5 Å². The number of nitrogens with two attached hydrogens (primary N) is 1. The normalized spacial score (nSPS) is 12.7. The van der Waals surface area contributed by atoms with Crippen LogP contribution in [0, 0.1) is 0 Å². The van der Waals surface area contributed by atoms with Crippen molar-refractivity contribution in [1.29, 1.82) is 0 Å². The van der Waals surface area contributed by atoms with Crippen LogP contribution in [0.3, 0.4) is 0 Å². The van der Waals surface area contributed by atoms with E-state index in [0.717, 1.165) is 0 Å². The number of hydrogen-bond donors (Lipinski definition) is 2. The number of methoxy groups -OCH3 is 1. The van der Waals surface area contributed by atoms with E-state index in [1.165, 1.54) is 19.2 Å². The number of benzene rings is 1. The van der Waals surface area contributed by atoms with Crippen LogP contribution in [0.4, 0.5) is 0 Å². The summed E-state index contributed by atoms with van der Waals surface area (Å²) in [7, 11) is -3.57. The highest BCUT2D eigenvalue weighted by Gasteiger charge is 2.16. The lowest BCUT2D eigenvalue weighted by Crippen LogP contribution is -2.29. The quantitative estimate of drug-likeness (QED) is 0.689. The van der Waals surface area contributed by atoms with Gasteiger partial charge in [0.25, 0.3) is 0 Å². The number of ether oxygens (including phenoxy) is 1. The topological polar surface area (TPSA) is 116 Å². The van der Waals surface area contributed by atoms with Gasteiger partial charge in [0.15, 0.2) is 0 Å². The highest BCUT2D eigenvalue weighted by Crippen LogP contribution is 2.23. The van der Waals surface area contributed by atoms with E-state index >= 15 is 0 Å². The minimum Gasteiger partial charge on any atom is -0.495 e. The molecule has 0 bridgehead atoms. The Hall–Kier alpha value is -1.45. The summed E-state index contributed by atoms with van der Waals surface area (Å²) in [5.74, 6) is 0.213. The van der Waals surface area contributed by atoms with E-state index in [0.29, 0.717) is 17.9 Å². The third-order valence-corrected chi connectivity index (χ3v) is 4.32. The SMILES string of the molecule is COc1ccc(CC(=O)NCCS(C)=O)cc1S(N)(=O)=O. The molecule has 1 aromatic rings. The molecule has 0 aromatic heterocycles. The minimum absolute atomic E-state index is 0.00284. The van der Waals surface area contributed by atoms with Gasteiger partial charge >= 0.3 is 0 Å². The van der Waals surface area contributed by atoms with Crippen LogP contribution < -0.4 is 15.2 Å². The number of rotatable bonds is 7. The van der Waals surface area contributed by atoms with Crippen molar-refractivity contribution in [3.05, 3.63) is 23.8 Å². The summed E-state index contributed by atoms with van der Waals surface area (Å²) in [5.41, 5.74) is 0.495. The second-order valence-electron chi connectivity index (χ2n) is 4.33. The van der Waals surface area contributed by atoms with Gasteiger partial charge in [-0.05, 0) is 17.7 Å². The van der Waals surface area contributed by atoms with Crippen molar-refractivity contribution < 1.29 is 22.2 Å².